The van der Waals surface area contributed by atoms with Crippen LogP contribution in [-0.2, 0) is 9.59 Å². The molecular formula is C21H15ClN4O3S. The van der Waals surface area contributed by atoms with Crippen LogP contribution in [0.2, 0.25) is 0 Å². The van der Waals surface area contributed by atoms with Crippen LogP contribution in [-0.4, -0.2) is 22.7 Å². The Bertz CT molecular complexity index is 1190. The van der Waals surface area contributed by atoms with Gasteiger partial charge in [0, 0.05) is 16.6 Å². The number of rotatable bonds is 5. The molecule has 2 N–H and O–H groups in total. The lowest BCUT2D eigenvalue weighted by molar-refractivity contribution is -0.120. The van der Waals surface area contributed by atoms with Crippen molar-refractivity contribution in [3.05, 3.63) is 82.0 Å². The fourth-order valence-corrected chi connectivity index (χ4v) is 3.78. The number of benzene rings is 2. The maximum atomic E-state index is 12.8. The lowest BCUT2D eigenvalue weighted by Gasteiger charge is -2.15. The first kappa shape index (κ1) is 19.8. The maximum absolute atomic E-state index is 12.8. The van der Waals surface area contributed by atoms with E-state index in [4.69, 9.17) is 11.6 Å². The van der Waals surface area contributed by atoms with E-state index in [1.54, 1.807) is 54.6 Å². The van der Waals surface area contributed by atoms with Crippen LogP contribution in [0.3, 0.4) is 0 Å². The molecule has 1 aliphatic rings. The van der Waals surface area contributed by atoms with Crippen LogP contribution in [0.25, 0.3) is 0 Å². The van der Waals surface area contributed by atoms with E-state index in [0.717, 1.165) is 10.6 Å². The minimum atomic E-state index is -0.608. The van der Waals surface area contributed by atoms with E-state index in [1.165, 1.54) is 11.3 Å². The van der Waals surface area contributed by atoms with Crippen LogP contribution in [0.1, 0.15) is 16.1 Å². The Morgan fingerprint density at radius 3 is 2.53 bits per heavy atom. The van der Waals surface area contributed by atoms with Crippen molar-refractivity contribution in [3.63, 3.8) is 0 Å². The van der Waals surface area contributed by atoms with Gasteiger partial charge in [0.15, 0.2) is 5.13 Å². The Kier molecular flexibility index (Phi) is 5.35. The quantitative estimate of drug-likeness (QED) is 0.584. The molecule has 3 aromatic rings. The molecule has 2 heterocycles. The van der Waals surface area contributed by atoms with E-state index in [2.05, 4.69) is 15.6 Å². The highest BCUT2D eigenvalue weighted by molar-refractivity contribution is 7.13. The monoisotopic (exact) mass is 438 g/mol. The summed E-state index contributed by atoms with van der Waals surface area (Å²) >= 11 is 7.48. The molecule has 1 aliphatic heterocycles. The molecule has 7 nitrogen and oxygen atoms in total. The van der Waals surface area contributed by atoms with E-state index in [1.807, 2.05) is 12.3 Å². The largest absolute Gasteiger partial charge is 0.350 e. The molecule has 4 rings (SSSR count). The molecule has 0 saturated carbocycles. The average molecular weight is 439 g/mol. The van der Waals surface area contributed by atoms with Crippen LogP contribution in [0.15, 0.2) is 70.7 Å². The Morgan fingerprint density at radius 1 is 1.07 bits per heavy atom. The molecule has 0 saturated heterocycles. The molecule has 0 bridgehead atoms. The van der Waals surface area contributed by atoms with Crippen molar-refractivity contribution < 1.29 is 14.4 Å². The number of aryl methyl sites for hydroxylation is 1. The van der Waals surface area contributed by atoms with Gasteiger partial charge in [-0.15, -0.1) is 11.3 Å². The predicted molar refractivity (Wildman–Crippen MR) is 117 cm³/mol. The number of halogens is 1. The molecule has 0 fully saturated rings. The van der Waals surface area contributed by atoms with E-state index >= 15 is 0 Å². The van der Waals surface area contributed by atoms with Crippen molar-refractivity contribution >= 4 is 57.2 Å². The SMILES string of the molecule is Cc1csc(NC(=O)c2cccc(NC3=C(Cl)C(=O)N(c4ccccc4)C3=O)c2)n1. The third kappa shape index (κ3) is 3.83. The number of nitrogens with zero attached hydrogens (tertiary/aromatic N) is 2. The van der Waals surface area contributed by atoms with Crippen LogP contribution in [0.5, 0.6) is 0 Å². The summed E-state index contributed by atoms with van der Waals surface area (Å²) < 4.78 is 0. The molecule has 0 radical (unpaired) electrons. The molecule has 3 amide bonds. The molecule has 2 aromatic carbocycles. The van der Waals surface area contributed by atoms with Crippen molar-refractivity contribution in [2.75, 3.05) is 15.5 Å². The average Bonchev–Trinajstić information content (AvgIpc) is 3.25. The Labute approximate surface area is 181 Å². The predicted octanol–water partition coefficient (Wildman–Crippen LogP) is 4.14. The van der Waals surface area contributed by atoms with Crippen LogP contribution in [0.4, 0.5) is 16.5 Å². The van der Waals surface area contributed by atoms with Crippen molar-refractivity contribution in [2.45, 2.75) is 6.92 Å². The highest BCUT2D eigenvalue weighted by atomic mass is 35.5. The number of para-hydroxylation sites is 1. The number of amides is 3. The van der Waals surface area contributed by atoms with Gasteiger partial charge in [0.25, 0.3) is 17.7 Å². The van der Waals surface area contributed by atoms with E-state index < -0.39 is 11.8 Å². The number of aromatic nitrogens is 1. The molecule has 30 heavy (non-hydrogen) atoms. The number of thiazole rings is 1. The molecular weight excluding hydrogens is 424 g/mol. The van der Waals surface area contributed by atoms with Crippen LogP contribution in [0, 0.1) is 6.92 Å². The molecule has 150 valence electrons. The van der Waals surface area contributed by atoms with Gasteiger partial charge in [0.1, 0.15) is 10.7 Å². The Morgan fingerprint density at radius 2 is 1.83 bits per heavy atom. The fourth-order valence-electron chi connectivity index (χ4n) is 2.89. The molecule has 0 atom stereocenters. The molecule has 0 aliphatic carbocycles. The summed E-state index contributed by atoms with van der Waals surface area (Å²) in [7, 11) is 0. The van der Waals surface area contributed by atoms with Gasteiger partial charge in [-0.1, -0.05) is 35.9 Å². The molecule has 9 heteroatoms. The third-order valence-electron chi connectivity index (χ3n) is 4.28. The smallest absolute Gasteiger partial charge is 0.283 e. The second-order valence-corrected chi connectivity index (χ2v) is 7.66. The van der Waals surface area contributed by atoms with Crippen molar-refractivity contribution in [1.82, 2.24) is 4.98 Å². The lowest BCUT2D eigenvalue weighted by atomic mass is 10.2. The van der Waals surface area contributed by atoms with E-state index in [0.29, 0.717) is 22.1 Å². The van der Waals surface area contributed by atoms with Crippen LogP contribution >= 0.6 is 22.9 Å². The summed E-state index contributed by atoms with van der Waals surface area (Å²) in [5.74, 6) is -1.51. The molecule has 1 aromatic heterocycles. The van der Waals surface area contributed by atoms with Gasteiger partial charge in [-0.05, 0) is 37.3 Å². The summed E-state index contributed by atoms with van der Waals surface area (Å²) in [6.07, 6.45) is 0. The summed E-state index contributed by atoms with van der Waals surface area (Å²) in [6.45, 7) is 1.84. The zero-order chi connectivity index (χ0) is 21.3. The number of nitrogens with one attached hydrogen (secondary N) is 2. The van der Waals surface area contributed by atoms with Crippen molar-refractivity contribution in [2.24, 2.45) is 0 Å². The molecule has 0 spiro atoms. The zero-order valence-corrected chi connectivity index (χ0v) is 17.3. The summed E-state index contributed by atoms with van der Waals surface area (Å²) in [4.78, 5) is 43.0. The highest BCUT2D eigenvalue weighted by Gasteiger charge is 2.38. The fraction of sp³-hybridized carbons (Fsp3) is 0.0476. The zero-order valence-electron chi connectivity index (χ0n) is 15.7. The van der Waals surface area contributed by atoms with E-state index in [-0.39, 0.29) is 16.6 Å². The standard InChI is InChI=1S/C21H15ClN4O3S/c1-12-11-30-21(23-12)25-18(27)13-6-5-7-14(10-13)24-17-16(22)19(28)26(20(17)29)15-8-3-2-4-9-15/h2-11,24H,1H3,(H,23,25,27). The Hall–Kier alpha value is -3.49. The number of anilines is 3. The Balaban J connectivity index is 1.54. The van der Waals surface area contributed by atoms with Crippen molar-refractivity contribution in [1.29, 1.82) is 0 Å². The van der Waals surface area contributed by atoms with Gasteiger partial charge < -0.3 is 5.32 Å². The van der Waals surface area contributed by atoms with Gasteiger partial charge >= 0.3 is 0 Å². The van der Waals surface area contributed by atoms with Crippen LogP contribution < -0.4 is 15.5 Å². The van der Waals surface area contributed by atoms with Gasteiger partial charge in [-0.3, -0.25) is 19.7 Å². The normalized spacial score (nSPS) is 13.7. The first-order valence-corrected chi connectivity index (χ1v) is 10.1. The van der Waals surface area contributed by atoms with E-state index in [9.17, 15) is 14.4 Å². The summed E-state index contributed by atoms with van der Waals surface area (Å²) in [5, 5.41) is 7.73. The molecule has 0 unspecified atom stereocenters. The summed E-state index contributed by atoms with van der Waals surface area (Å²) in [6, 6.07) is 15.1. The minimum absolute atomic E-state index is 0.0429. The number of hydrogen-bond donors (Lipinski definition) is 2. The van der Waals surface area contributed by atoms with Gasteiger partial charge in [0.2, 0.25) is 0 Å². The van der Waals surface area contributed by atoms with Crippen molar-refractivity contribution in [3.8, 4) is 0 Å². The first-order valence-electron chi connectivity index (χ1n) is 8.88. The number of hydrogen-bond acceptors (Lipinski definition) is 6. The number of carbonyl (C=O) groups is 3. The van der Waals surface area contributed by atoms with Gasteiger partial charge in [-0.25, -0.2) is 9.88 Å². The third-order valence-corrected chi connectivity index (χ3v) is 5.50. The topological polar surface area (TPSA) is 91.4 Å². The lowest BCUT2D eigenvalue weighted by Crippen LogP contribution is -2.32. The second-order valence-electron chi connectivity index (χ2n) is 6.42. The second kappa shape index (κ2) is 8.10. The number of imide groups is 1. The maximum Gasteiger partial charge on any atom is 0.283 e. The van der Waals surface area contributed by atoms with Gasteiger partial charge in [0.05, 0.1) is 11.4 Å². The number of carbonyl (C=O) groups excluding carboxylic acids is 3. The highest BCUT2D eigenvalue weighted by Crippen LogP contribution is 2.30. The minimum Gasteiger partial charge on any atom is -0.350 e. The first-order chi connectivity index (χ1) is 14.4. The summed E-state index contributed by atoms with van der Waals surface area (Å²) in [5.41, 5.74) is 2.01. The van der Waals surface area contributed by atoms with Gasteiger partial charge in [-0.2, -0.15) is 0 Å².